The van der Waals surface area contributed by atoms with E-state index in [9.17, 15) is 9.90 Å². The highest BCUT2D eigenvalue weighted by Gasteiger charge is 2.39. The zero-order chi connectivity index (χ0) is 14.8. The van der Waals surface area contributed by atoms with Crippen LogP contribution in [0.4, 0.5) is 0 Å². The smallest absolute Gasteiger partial charge is 0.258 e. The summed E-state index contributed by atoms with van der Waals surface area (Å²) in [5, 5.41) is 11.0. The van der Waals surface area contributed by atoms with Gasteiger partial charge in [-0.1, -0.05) is 68.4 Å². The number of benzene rings is 2. The van der Waals surface area contributed by atoms with Crippen molar-refractivity contribution in [2.24, 2.45) is 5.73 Å². The molecular formula is C17H19NO2. The van der Waals surface area contributed by atoms with Crippen LogP contribution in [-0.2, 0) is 10.4 Å². The molecule has 3 N–H and O–H groups in total. The highest BCUT2D eigenvalue weighted by atomic mass is 16.3. The fourth-order valence-electron chi connectivity index (χ4n) is 2.44. The lowest BCUT2D eigenvalue weighted by Crippen LogP contribution is -2.43. The van der Waals surface area contributed by atoms with E-state index in [4.69, 9.17) is 5.73 Å². The maximum absolute atomic E-state index is 12.0. The van der Waals surface area contributed by atoms with Crippen molar-refractivity contribution in [2.45, 2.75) is 25.4 Å². The van der Waals surface area contributed by atoms with Crippen LogP contribution >= 0.6 is 0 Å². The van der Waals surface area contributed by atoms with Gasteiger partial charge in [0.2, 0.25) is 0 Å². The third-order valence-corrected chi connectivity index (χ3v) is 3.52. The Hall–Kier alpha value is -2.13. The van der Waals surface area contributed by atoms with Crippen molar-refractivity contribution < 1.29 is 9.90 Å². The number of amides is 1. The van der Waals surface area contributed by atoms with Gasteiger partial charge in [0.15, 0.2) is 5.60 Å². The quantitative estimate of drug-likeness (QED) is 0.896. The van der Waals surface area contributed by atoms with Gasteiger partial charge in [0.25, 0.3) is 5.91 Å². The molecule has 0 heterocycles. The summed E-state index contributed by atoms with van der Waals surface area (Å²) in [6.07, 6.45) is 0. The van der Waals surface area contributed by atoms with Crippen LogP contribution in [0, 0.1) is 0 Å². The predicted octanol–water partition coefficient (Wildman–Crippen LogP) is 2.53. The number of hydrogen-bond acceptors (Lipinski definition) is 2. The molecule has 0 spiro atoms. The molecule has 1 amide bonds. The first-order chi connectivity index (χ1) is 9.48. The first-order valence-corrected chi connectivity index (χ1v) is 6.65. The van der Waals surface area contributed by atoms with E-state index in [0.29, 0.717) is 11.1 Å². The van der Waals surface area contributed by atoms with Crippen LogP contribution in [0.1, 0.15) is 36.5 Å². The maximum Gasteiger partial charge on any atom is 0.258 e. The van der Waals surface area contributed by atoms with Crippen LogP contribution in [0.5, 0.6) is 0 Å². The van der Waals surface area contributed by atoms with E-state index < -0.39 is 11.5 Å². The molecule has 2 aromatic rings. The summed E-state index contributed by atoms with van der Waals surface area (Å²) < 4.78 is 0. The molecule has 3 heteroatoms. The molecule has 2 aromatic carbocycles. The van der Waals surface area contributed by atoms with Crippen molar-refractivity contribution in [3.05, 3.63) is 71.3 Å². The Balaban J connectivity index is 2.70. The minimum Gasteiger partial charge on any atom is -0.372 e. The van der Waals surface area contributed by atoms with E-state index in [-0.39, 0.29) is 5.92 Å². The lowest BCUT2D eigenvalue weighted by atomic mass is 9.80. The van der Waals surface area contributed by atoms with Gasteiger partial charge in [-0.3, -0.25) is 4.79 Å². The lowest BCUT2D eigenvalue weighted by Gasteiger charge is -2.29. The van der Waals surface area contributed by atoms with Crippen molar-refractivity contribution in [2.75, 3.05) is 0 Å². The molecule has 0 radical (unpaired) electrons. The largest absolute Gasteiger partial charge is 0.372 e. The second-order valence-electron chi connectivity index (χ2n) is 5.18. The molecule has 2 rings (SSSR count). The maximum atomic E-state index is 12.0. The SMILES string of the molecule is CC(C)c1ccccc1C(O)(C(N)=O)c1ccccc1. The number of nitrogens with two attached hydrogens (primary N) is 1. The summed E-state index contributed by atoms with van der Waals surface area (Å²) in [5.41, 5.74) is 5.66. The summed E-state index contributed by atoms with van der Waals surface area (Å²) in [7, 11) is 0. The Morgan fingerprint density at radius 2 is 1.60 bits per heavy atom. The second kappa shape index (κ2) is 5.47. The van der Waals surface area contributed by atoms with Crippen molar-refractivity contribution in [3.8, 4) is 0 Å². The molecule has 1 unspecified atom stereocenters. The van der Waals surface area contributed by atoms with E-state index in [1.165, 1.54) is 0 Å². The van der Waals surface area contributed by atoms with Gasteiger partial charge in [0, 0.05) is 5.56 Å². The van der Waals surface area contributed by atoms with E-state index in [1.807, 2.05) is 32.0 Å². The molecule has 0 saturated heterocycles. The van der Waals surface area contributed by atoms with Gasteiger partial charge >= 0.3 is 0 Å². The van der Waals surface area contributed by atoms with E-state index in [0.717, 1.165) is 5.56 Å². The lowest BCUT2D eigenvalue weighted by molar-refractivity contribution is -0.133. The van der Waals surface area contributed by atoms with Gasteiger partial charge in [-0.05, 0) is 17.0 Å². The molecule has 0 bridgehead atoms. The average molecular weight is 269 g/mol. The summed E-state index contributed by atoms with van der Waals surface area (Å²) in [6.45, 7) is 4.04. The molecule has 0 saturated carbocycles. The number of rotatable bonds is 4. The van der Waals surface area contributed by atoms with Crippen LogP contribution in [0.3, 0.4) is 0 Å². The standard InChI is InChI=1S/C17H19NO2/c1-12(2)14-10-6-7-11-15(14)17(20,16(18)19)13-8-4-3-5-9-13/h3-12,20H,1-2H3,(H2,18,19). The van der Waals surface area contributed by atoms with Crippen molar-refractivity contribution in [1.82, 2.24) is 0 Å². The zero-order valence-corrected chi connectivity index (χ0v) is 11.7. The van der Waals surface area contributed by atoms with Crippen LogP contribution in [0.2, 0.25) is 0 Å². The molecule has 0 aliphatic rings. The van der Waals surface area contributed by atoms with E-state index in [2.05, 4.69) is 0 Å². The van der Waals surface area contributed by atoms with Crippen LogP contribution in [0.15, 0.2) is 54.6 Å². The molecule has 0 fully saturated rings. The fraction of sp³-hybridized carbons (Fsp3) is 0.235. The number of carbonyl (C=O) groups is 1. The molecule has 20 heavy (non-hydrogen) atoms. The van der Waals surface area contributed by atoms with Crippen molar-refractivity contribution in [3.63, 3.8) is 0 Å². The Bertz CT molecular complexity index is 607. The number of carbonyl (C=O) groups excluding carboxylic acids is 1. The molecule has 0 aromatic heterocycles. The van der Waals surface area contributed by atoms with Gasteiger partial charge in [-0.2, -0.15) is 0 Å². The molecule has 3 nitrogen and oxygen atoms in total. The minimum absolute atomic E-state index is 0.181. The monoisotopic (exact) mass is 269 g/mol. The molecule has 0 aliphatic carbocycles. The third kappa shape index (κ3) is 2.32. The highest BCUT2D eigenvalue weighted by molar-refractivity contribution is 5.89. The first kappa shape index (κ1) is 14.3. The molecular weight excluding hydrogens is 250 g/mol. The van der Waals surface area contributed by atoms with Gasteiger partial charge in [0.05, 0.1) is 0 Å². The van der Waals surface area contributed by atoms with Crippen molar-refractivity contribution in [1.29, 1.82) is 0 Å². The highest BCUT2D eigenvalue weighted by Crippen LogP contribution is 2.34. The average Bonchev–Trinajstić information content (AvgIpc) is 2.47. The van der Waals surface area contributed by atoms with Crippen molar-refractivity contribution >= 4 is 5.91 Å². The zero-order valence-electron chi connectivity index (χ0n) is 11.7. The molecule has 104 valence electrons. The first-order valence-electron chi connectivity index (χ1n) is 6.65. The molecule has 1 atom stereocenters. The van der Waals surface area contributed by atoms with Gasteiger partial charge in [-0.15, -0.1) is 0 Å². The molecule has 0 aliphatic heterocycles. The summed E-state index contributed by atoms with van der Waals surface area (Å²) >= 11 is 0. The van der Waals surface area contributed by atoms with Gasteiger partial charge in [0.1, 0.15) is 0 Å². The number of aliphatic hydroxyl groups is 1. The van der Waals surface area contributed by atoms with Gasteiger partial charge in [-0.25, -0.2) is 0 Å². The minimum atomic E-state index is -1.80. The van der Waals surface area contributed by atoms with Crippen LogP contribution < -0.4 is 5.73 Å². The summed E-state index contributed by atoms with van der Waals surface area (Å²) in [5.74, 6) is -0.586. The Morgan fingerprint density at radius 1 is 1.05 bits per heavy atom. The predicted molar refractivity (Wildman–Crippen MR) is 79.2 cm³/mol. The Kier molecular flexibility index (Phi) is 3.91. The van der Waals surface area contributed by atoms with Crippen LogP contribution in [0.25, 0.3) is 0 Å². The Morgan fingerprint density at radius 3 is 2.15 bits per heavy atom. The fourth-order valence-corrected chi connectivity index (χ4v) is 2.44. The van der Waals surface area contributed by atoms with E-state index in [1.54, 1.807) is 36.4 Å². The normalized spacial score (nSPS) is 14.0. The Labute approximate surface area is 119 Å². The second-order valence-corrected chi connectivity index (χ2v) is 5.18. The summed E-state index contributed by atoms with van der Waals surface area (Å²) in [6, 6.07) is 16.2. The number of hydrogen-bond donors (Lipinski definition) is 2. The van der Waals surface area contributed by atoms with Gasteiger partial charge < -0.3 is 10.8 Å². The number of primary amides is 1. The summed E-state index contributed by atoms with van der Waals surface area (Å²) in [4.78, 5) is 12.0. The van der Waals surface area contributed by atoms with E-state index >= 15 is 0 Å². The van der Waals surface area contributed by atoms with Crippen LogP contribution in [-0.4, -0.2) is 11.0 Å². The topological polar surface area (TPSA) is 63.3 Å². The third-order valence-electron chi connectivity index (χ3n) is 3.52.